The molecule has 4 heterocycles. The van der Waals surface area contributed by atoms with Gasteiger partial charge in [-0.3, -0.25) is 4.79 Å². The minimum Gasteiger partial charge on any atom is -0.357 e. The second-order valence-corrected chi connectivity index (χ2v) is 6.69. The molecule has 0 radical (unpaired) electrons. The lowest BCUT2D eigenvalue weighted by Crippen LogP contribution is -2.42. The Bertz CT molecular complexity index is 534. The van der Waals surface area contributed by atoms with Crippen molar-refractivity contribution in [3.05, 3.63) is 23.9 Å². The van der Waals surface area contributed by atoms with E-state index >= 15 is 0 Å². The lowest BCUT2D eigenvalue weighted by atomic mass is 10.1. The minimum absolute atomic E-state index is 0. The van der Waals surface area contributed by atoms with Crippen LogP contribution < -0.4 is 10.2 Å². The van der Waals surface area contributed by atoms with Crippen LogP contribution in [0.1, 0.15) is 42.5 Å². The zero-order valence-corrected chi connectivity index (χ0v) is 15.5. The number of aromatic nitrogens is 1. The molecule has 5 nitrogen and oxygen atoms in total. The number of nitrogens with zero attached hydrogens (tertiary/aromatic N) is 3. The lowest BCUT2D eigenvalue weighted by molar-refractivity contribution is 0.0680. The maximum absolute atomic E-state index is 12.9. The van der Waals surface area contributed by atoms with Crippen molar-refractivity contribution in [1.29, 1.82) is 0 Å². The van der Waals surface area contributed by atoms with Crippen molar-refractivity contribution >= 4 is 36.5 Å². The van der Waals surface area contributed by atoms with Crippen LogP contribution in [0.15, 0.2) is 18.3 Å². The first kappa shape index (κ1) is 19.3. The standard InChI is InChI=1S/C17H24N4O.2ClH/c22-17(21-14-4-5-15(21)12-18-8-7-14)13-3-6-16(19-11-13)20-9-1-2-10-20;;/h3,6,11,14-15,18H,1-2,4-5,7-10,12H2;2*1H. The van der Waals surface area contributed by atoms with Crippen LogP contribution in [0, 0.1) is 0 Å². The molecule has 1 N–H and O–H groups in total. The molecule has 0 aliphatic carbocycles. The van der Waals surface area contributed by atoms with E-state index in [1.54, 1.807) is 6.20 Å². The van der Waals surface area contributed by atoms with Crippen LogP contribution in [0.2, 0.25) is 0 Å². The zero-order chi connectivity index (χ0) is 14.9. The van der Waals surface area contributed by atoms with Gasteiger partial charge < -0.3 is 15.1 Å². The largest absolute Gasteiger partial charge is 0.357 e. The molecule has 7 heteroatoms. The molecule has 3 fully saturated rings. The molecule has 3 aliphatic heterocycles. The summed E-state index contributed by atoms with van der Waals surface area (Å²) in [6.45, 7) is 4.13. The highest BCUT2D eigenvalue weighted by Gasteiger charge is 2.38. The SMILES string of the molecule is Cl.Cl.O=C(c1ccc(N2CCCC2)nc1)N1C2CCNCC1CC2. The summed E-state index contributed by atoms with van der Waals surface area (Å²) in [5.74, 6) is 1.17. The van der Waals surface area contributed by atoms with Gasteiger partial charge >= 0.3 is 0 Å². The van der Waals surface area contributed by atoms with Gasteiger partial charge in [0.05, 0.1) is 5.56 Å². The second kappa shape index (κ2) is 8.37. The maximum Gasteiger partial charge on any atom is 0.255 e. The van der Waals surface area contributed by atoms with Crippen molar-refractivity contribution in [3.8, 4) is 0 Å². The molecule has 2 bridgehead atoms. The van der Waals surface area contributed by atoms with Gasteiger partial charge in [0.1, 0.15) is 5.82 Å². The first-order valence-corrected chi connectivity index (χ1v) is 8.57. The molecule has 1 aromatic rings. The fraction of sp³-hybridized carbons (Fsp3) is 0.647. The van der Waals surface area contributed by atoms with Crippen molar-refractivity contribution in [2.45, 2.75) is 44.2 Å². The third-order valence-electron chi connectivity index (χ3n) is 5.31. The number of pyridine rings is 1. The Morgan fingerprint density at radius 3 is 2.54 bits per heavy atom. The molecular weight excluding hydrogens is 347 g/mol. The molecule has 0 aromatic carbocycles. The molecule has 0 saturated carbocycles. The number of rotatable bonds is 2. The van der Waals surface area contributed by atoms with Crippen LogP contribution in [0.3, 0.4) is 0 Å². The van der Waals surface area contributed by atoms with Crippen LogP contribution >= 0.6 is 24.8 Å². The van der Waals surface area contributed by atoms with Crippen LogP contribution in [-0.2, 0) is 0 Å². The summed E-state index contributed by atoms with van der Waals surface area (Å²) in [6, 6.07) is 4.74. The van der Waals surface area contributed by atoms with Gasteiger partial charge in [0.25, 0.3) is 5.91 Å². The summed E-state index contributed by atoms with van der Waals surface area (Å²) in [4.78, 5) is 21.8. The molecule has 3 saturated heterocycles. The van der Waals surface area contributed by atoms with Crippen LogP contribution in [-0.4, -0.2) is 54.1 Å². The van der Waals surface area contributed by atoms with Crippen LogP contribution in [0.5, 0.6) is 0 Å². The van der Waals surface area contributed by atoms with E-state index in [9.17, 15) is 4.79 Å². The number of hydrogen-bond acceptors (Lipinski definition) is 4. The van der Waals surface area contributed by atoms with Crippen LogP contribution in [0.4, 0.5) is 5.82 Å². The monoisotopic (exact) mass is 372 g/mol. The van der Waals surface area contributed by atoms with Crippen molar-refractivity contribution in [2.24, 2.45) is 0 Å². The summed E-state index contributed by atoms with van der Waals surface area (Å²) < 4.78 is 0. The predicted molar refractivity (Wildman–Crippen MR) is 101 cm³/mol. The van der Waals surface area contributed by atoms with Gasteiger partial charge in [-0.25, -0.2) is 4.98 Å². The molecule has 0 spiro atoms. The summed E-state index contributed by atoms with van der Waals surface area (Å²) in [7, 11) is 0. The quantitative estimate of drug-likeness (QED) is 0.866. The number of anilines is 1. The molecule has 2 unspecified atom stereocenters. The fourth-order valence-electron chi connectivity index (χ4n) is 4.11. The van der Waals surface area contributed by atoms with E-state index in [1.165, 1.54) is 12.8 Å². The summed E-state index contributed by atoms with van der Waals surface area (Å²) in [6.07, 6.45) is 7.61. The highest BCUT2D eigenvalue weighted by Crippen LogP contribution is 2.29. The molecule has 3 aliphatic rings. The molecular formula is C17H26Cl2N4O. The molecule has 24 heavy (non-hydrogen) atoms. The van der Waals surface area contributed by atoms with E-state index in [4.69, 9.17) is 0 Å². The van der Waals surface area contributed by atoms with Gasteiger partial charge in [-0.05, 0) is 50.8 Å². The third-order valence-corrected chi connectivity index (χ3v) is 5.31. The zero-order valence-electron chi connectivity index (χ0n) is 13.8. The van der Waals surface area contributed by atoms with Crippen molar-refractivity contribution in [2.75, 3.05) is 31.1 Å². The topological polar surface area (TPSA) is 48.5 Å². The van der Waals surface area contributed by atoms with Crippen LogP contribution in [0.25, 0.3) is 0 Å². The minimum atomic E-state index is 0. The van der Waals surface area contributed by atoms with Crippen molar-refractivity contribution in [1.82, 2.24) is 15.2 Å². The Kier molecular flexibility index (Phi) is 6.72. The predicted octanol–water partition coefficient (Wildman–Crippen LogP) is 2.49. The Hall–Kier alpha value is -1.04. The number of halogens is 2. The summed E-state index contributed by atoms with van der Waals surface area (Å²) in [5.41, 5.74) is 0.738. The van der Waals surface area contributed by atoms with E-state index in [1.807, 2.05) is 12.1 Å². The third kappa shape index (κ3) is 3.63. The average molecular weight is 373 g/mol. The Morgan fingerprint density at radius 2 is 1.83 bits per heavy atom. The lowest BCUT2D eigenvalue weighted by Gasteiger charge is -2.28. The van der Waals surface area contributed by atoms with Gasteiger partial charge in [-0.2, -0.15) is 0 Å². The number of nitrogens with one attached hydrogen (secondary N) is 1. The van der Waals surface area contributed by atoms with Gasteiger partial charge in [0.15, 0.2) is 0 Å². The number of amides is 1. The van der Waals surface area contributed by atoms with E-state index in [-0.39, 0.29) is 30.7 Å². The van der Waals surface area contributed by atoms with Gasteiger partial charge in [-0.15, -0.1) is 24.8 Å². The van der Waals surface area contributed by atoms with Crippen molar-refractivity contribution in [3.63, 3.8) is 0 Å². The maximum atomic E-state index is 12.9. The molecule has 134 valence electrons. The van der Waals surface area contributed by atoms with Gasteiger partial charge in [0.2, 0.25) is 0 Å². The normalized spacial score (nSPS) is 25.7. The highest BCUT2D eigenvalue weighted by atomic mass is 35.5. The Morgan fingerprint density at radius 1 is 1.08 bits per heavy atom. The molecule has 1 aromatic heterocycles. The highest BCUT2D eigenvalue weighted by molar-refractivity contribution is 5.94. The summed E-state index contributed by atoms with van der Waals surface area (Å²) in [5, 5.41) is 3.45. The number of hydrogen-bond donors (Lipinski definition) is 1. The van der Waals surface area contributed by atoms with Gasteiger partial charge in [0, 0.05) is 37.9 Å². The molecule has 4 rings (SSSR count). The van der Waals surface area contributed by atoms with Crippen molar-refractivity contribution < 1.29 is 4.79 Å². The molecule has 1 amide bonds. The average Bonchev–Trinajstić information content (AvgIpc) is 3.14. The summed E-state index contributed by atoms with van der Waals surface area (Å²) >= 11 is 0. The number of fused-ring (bicyclic) bond motifs is 2. The Balaban J connectivity index is 0.00000104. The number of carbonyl (C=O) groups excluding carboxylic acids is 1. The van der Waals surface area contributed by atoms with E-state index in [2.05, 4.69) is 20.1 Å². The molecule has 2 atom stereocenters. The first-order valence-electron chi connectivity index (χ1n) is 8.57. The second-order valence-electron chi connectivity index (χ2n) is 6.69. The van der Waals surface area contributed by atoms with E-state index in [0.29, 0.717) is 12.1 Å². The van der Waals surface area contributed by atoms with E-state index in [0.717, 1.165) is 56.8 Å². The van der Waals surface area contributed by atoms with Gasteiger partial charge in [-0.1, -0.05) is 0 Å². The fourth-order valence-corrected chi connectivity index (χ4v) is 4.11. The Labute approximate surface area is 156 Å². The smallest absolute Gasteiger partial charge is 0.255 e. The number of carbonyl (C=O) groups is 1. The van der Waals surface area contributed by atoms with E-state index < -0.39 is 0 Å². The first-order chi connectivity index (χ1) is 10.8.